The second-order valence-corrected chi connectivity index (χ2v) is 6.64. The minimum Gasteiger partial charge on any atom is -0.491 e. The molecule has 0 atom stereocenters. The van der Waals surface area contributed by atoms with Crippen molar-refractivity contribution in [2.75, 3.05) is 5.32 Å². The van der Waals surface area contributed by atoms with Crippen LogP contribution in [0.3, 0.4) is 0 Å². The molecule has 0 aliphatic rings. The highest BCUT2D eigenvalue weighted by atomic mass is 35.5. The largest absolute Gasteiger partial charge is 0.491 e. The average Bonchev–Trinajstić information content (AvgIpc) is 2.51. The molecule has 2 aromatic carbocycles. The standard InChI is InChI=1S/C20H21ClN2O/c1-12(2)24-16-10-13(3)19(14(4)11-16)22-18-9-8-15-6-5-7-17(21)20(15)23-18/h5-12H,1-4H3,(H,22,23). The molecule has 0 fully saturated rings. The maximum Gasteiger partial charge on any atom is 0.131 e. The first kappa shape index (κ1) is 16.6. The number of fused-ring (bicyclic) bond motifs is 1. The fraction of sp³-hybridized carbons (Fsp3) is 0.250. The minimum atomic E-state index is 0.159. The smallest absolute Gasteiger partial charge is 0.131 e. The van der Waals surface area contributed by atoms with Crippen molar-refractivity contribution in [1.82, 2.24) is 4.98 Å². The van der Waals surface area contributed by atoms with Gasteiger partial charge in [0.1, 0.15) is 11.6 Å². The molecule has 1 N–H and O–H groups in total. The van der Waals surface area contributed by atoms with E-state index < -0.39 is 0 Å². The molecule has 0 aliphatic heterocycles. The van der Waals surface area contributed by atoms with Crippen LogP contribution in [0.1, 0.15) is 25.0 Å². The van der Waals surface area contributed by atoms with Crippen LogP contribution in [0, 0.1) is 13.8 Å². The molecule has 0 aliphatic carbocycles. The predicted molar refractivity (Wildman–Crippen MR) is 102 cm³/mol. The van der Waals surface area contributed by atoms with Crippen molar-refractivity contribution in [2.24, 2.45) is 0 Å². The zero-order valence-electron chi connectivity index (χ0n) is 14.4. The highest BCUT2D eigenvalue weighted by Crippen LogP contribution is 2.30. The fourth-order valence-corrected chi connectivity index (χ4v) is 2.99. The SMILES string of the molecule is Cc1cc(OC(C)C)cc(C)c1Nc1ccc2cccc(Cl)c2n1. The van der Waals surface area contributed by atoms with Gasteiger partial charge in [-0.25, -0.2) is 4.98 Å². The Morgan fingerprint density at radius 2 is 1.75 bits per heavy atom. The van der Waals surface area contributed by atoms with Gasteiger partial charge in [-0.1, -0.05) is 23.7 Å². The lowest BCUT2D eigenvalue weighted by Gasteiger charge is -2.16. The quantitative estimate of drug-likeness (QED) is 0.629. The van der Waals surface area contributed by atoms with Gasteiger partial charge in [-0.15, -0.1) is 0 Å². The Labute approximate surface area is 147 Å². The molecule has 0 spiro atoms. The monoisotopic (exact) mass is 340 g/mol. The summed E-state index contributed by atoms with van der Waals surface area (Å²) in [5.74, 6) is 1.67. The maximum atomic E-state index is 6.26. The van der Waals surface area contributed by atoms with Gasteiger partial charge in [-0.2, -0.15) is 0 Å². The molecule has 1 heterocycles. The number of aryl methyl sites for hydroxylation is 2. The van der Waals surface area contributed by atoms with Crippen molar-refractivity contribution in [2.45, 2.75) is 33.8 Å². The Morgan fingerprint density at radius 3 is 2.42 bits per heavy atom. The lowest BCUT2D eigenvalue weighted by Crippen LogP contribution is -2.07. The summed E-state index contributed by atoms with van der Waals surface area (Å²) in [6, 6.07) is 13.9. The topological polar surface area (TPSA) is 34.1 Å². The lowest BCUT2D eigenvalue weighted by atomic mass is 10.1. The first-order chi connectivity index (χ1) is 11.4. The molecule has 3 nitrogen and oxygen atoms in total. The number of nitrogens with one attached hydrogen (secondary N) is 1. The van der Waals surface area contributed by atoms with E-state index in [-0.39, 0.29) is 6.10 Å². The van der Waals surface area contributed by atoms with E-state index in [0.29, 0.717) is 5.02 Å². The van der Waals surface area contributed by atoms with Crippen LogP contribution in [-0.4, -0.2) is 11.1 Å². The van der Waals surface area contributed by atoms with Gasteiger partial charge in [0.15, 0.2) is 0 Å². The van der Waals surface area contributed by atoms with Gasteiger partial charge >= 0.3 is 0 Å². The molecule has 3 aromatic rings. The van der Waals surface area contributed by atoms with Crippen LogP contribution < -0.4 is 10.1 Å². The van der Waals surface area contributed by atoms with E-state index in [9.17, 15) is 0 Å². The molecule has 124 valence electrons. The van der Waals surface area contributed by atoms with E-state index >= 15 is 0 Å². The molecule has 0 bridgehead atoms. The van der Waals surface area contributed by atoms with Gasteiger partial charge in [0.25, 0.3) is 0 Å². The summed E-state index contributed by atoms with van der Waals surface area (Å²) in [4.78, 5) is 4.65. The van der Waals surface area contributed by atoms with Crippen molar-refractivity contribution in [3.8, 4) is 5.75 Å². The van der Waals surface area contributed by atoms with Crippen molar-refractivity contribution in [3.05, 3.63) is 58.6 Å². The van der Waals surface area contributed by atoms with Crippen LogP contribution in [0.4, 0.5) is 11.5 Å². The summed E-state index contributed by atoms with van der Waals surface area (Å²) in [5, 5.41) is 5.10. The lowest BCUT2D eigenvalue weighted by molar-refractivity contribution is 0.242. The van der Waals surface area contributed by atoms with E-state index in [2.05, 4.69) is 24.1 Å². The number of benzene rings is 2. The summed E-state index contributed by atoms with van der Waals surface area (Å²) < 4.78 is 5.79. The van der Waals surface area contributed by atoms with Gasteiger partial charge in [-0.05, 0) is 69.2 Å². The number of hydrogen-bond acceptors (Lipinski definition) is 3. The third-order valence-corrected chi connectivity index (χ3v) is 4.11. The van der Waals surface area contributed by atoms with Gasteiger partial charge in [0, 0.05) is 11.1 Å². The van der Waals surface area contributed by atoms with Crippen LogP contribution >= 0.6 is 11.6 Å². The normalized spacial score (nSPS) is 11.1. The zero-order chi connectivity index (χ0) is 17.3. The highest BCUT2D eigenvalue weighted by Gasteiger charge is 2.09. The number of para-hydroxylation sites is 1. The Morgan fingerprint density at radius 1 is 1.04 bits per heavy atom. The Bertz CT molecular complexity index is 867. The van der Waals surface area contributed by atoms with Crippen molar-refractivity contribution >= 4 is 34.0 Å². The zero-order valence-corrected chi connectivity index (χ0v) is 15.1. The Kier molecular flexibility index (Phi) is 4.63. The van der Waals surface area contributed by atoms with E-state index in [1.54, 1.807) is 0 Å². The highest BCUT2D eigenvalue weighted by molar-refractivity contribution is 6.35. The summed E-state index contributed by atoms with van der Waals surface area (Å²) in [6.07, 6.45) is 0.159. The van der Waals surface area contributed by atoms with E-state index in [1.165, 1.54) is 0 Å². The first-order valence-electron chi connectivity index (χ1n) is 8.04. The second kappa shape index (κ2) is 6.70. The van der Waals surface area contributed by atoms with Crippen LogP contribution in [0.25, 0.3) is 10.9 Å². The van der Waals surface area contributed by atoms with Crippen LogP contribution in [0.5, 0.6) is 5.75 Å². The molecule has 1 aromatic heterocycles. The van der Waals surface area contributed by atoms with Crippen LogP contribution in [0.2, 0.25) is 5.02 Å². The van der Waals surface area contributed by atoms with Gasteiger partial charge in [-0.3, -0.25) is 0 Å². The van der Waals surface area contributed by atoms with Crippen LogP contribution in [-0.2, 0) is 0 Å². The number of hydrogen-bond donors (Lipinski definition) is 1. The average molecular weight is 341 g/mol. The number of pyridine rings is 1. The Hall–Kier alpha value is -2.26. The third kappa shape index (κ3) is 3.46. The van der Waals surface area contributed by atoms with E-state index in [4.69, 9.17) is 16.3 Å². The molecule has 0 saturated heterocycles. The Balaban J connectivity index is 1.95. The summed E-state index contributed by atoms with van der Waals surface area (Å²) >= 11 is 6.26. The molecule has 0 amide bonds. The minimum absolute atomic E-state index is 0.159. The number of halogens is 1. The third-order valence-electron chi connectivity index (χ3n) is 3.80. The van der Waals surface area contributed by atoms with Gasteiger partial charge < -0.3 is 10.1 Å². The van der Waals surface area contributed by atoms with E-state index in [0.717, 1.165) is 39.3 Å². The van der Waals surface area contributed by atoms with Crippen molar-refractivity contribution in [1.29, 1.82) is 0 Å². The number of anilines is 2. The summed E-state index contributed by atoms with van der Waals surface area (Å²) in [6.45, 7) is 8.19. The van der Waals surface area contributed by atoms with Gasteiger partial charge in [0.2, 0.25) is 0 Å². The van der Waals surface area contributed by atoms with Crippen LogP contribution in [0.15, 0.2) is 42.5 Å². The number of rotatable bonds is 4. The molecule has 24 heavy (non-hydrogen) atoms. The van der Waals surface area contributed by atoms with Gasteiger partial charge in [0.05, 0.1) is 16.6 Å². The molecular formula is C20H21ClN2O. The fourth-order valence-electron chi connectivity index (χ4n) is 2.77. The van der Waals surface area contributed by atoms with Crippen molar-refractivity contribution in [3.63, 3.8) is 0 Å². The van der Waals surface area contributed by atoms with Crippen molar-refractivity contribution < 1.29 is 4.74 Å². The number of ether oxygens (including phenoxy) is 1. The summed E-state index contributed by atoms with van der Waals surface area (Å²) in [7, 11) is 0. The first-order valence-corrected chi connectivity index (χ1v) is 8.42. The molecular weight excluding hydrogens is 320 g/mol. The van der Waals surface area contributed by atoms with E-state index in [1.807, 2.05) is 56.3 Å². The number of aromatic nitrogens is 1. The summed E-state index contributed by atoms with van der Waals surface area (Å²) in [5.41, 5.74) is 4.09. The maximum absolute atomic E-state index is 6.26. The molecule has 0 radical (unpaired) electrons. The predicted octanol–water partition coefficient (Wildman–Crippen LogP) is 6.04. The molecule has 3 rings (SSSR count). The molecule has 4 heteroatoms. The second-order valence-electron chi connectivity index (χ2n) is 6.23. The number of nitrogens with zero attached hydrogens (tertiary/aromatic N) is 1. The molecule has 0 unspecified atom stereocenters. The molecule has 0 saturated carbocycles.